The molecule has 1 rings (SSSR count). The van der Waals surface area contributed by atoms with Crippen LogP contribution >= 0.6 is 11.6 Å². The molecule has 0 saturated carbocycles. The zero-order valence-electron chi connectivity index (χ0n) is 6.83. The lowest BCUT2D eigenvalue weighted by Crippen LogP contribution is -1.81. The van der Waals surface area contributed by atoms with Crippen LogP contribution in [0.1, 0.15) is 5.56 Å². The Balaban J connectivity index is 2.71. The molecular formula is C10H10ClO. The van der Waals surface area contributed by atoms with Crippen LogP contribution in [0, 0.1) is 5.88 Å². The van der Waals surface area contributed by atoms with Crippen LogP contribution in [0.2, 0.25) is 0 Å². The normalized spacial score (nSPS) is 10.5. The molecule has 12 heavy (non-hydrogen) atoms. The van der Waals surface area contributed by atoms with Gasteiger partial charge in [0, 0.05) is 0 Å². The molecule has 0 unspecified atom stereocenters. The van der Waals surface area contributed by atoms with Crippen LogP contribution in [0.5, 0.6) is 5.75 Å². The largest absolute Gasteiger partial charge is 0.497 e. The Bertz CT molecular complexity index is 251. The summed E-state index contributed by atoms with van der Waals surface area (Å²) in [4.78, 5) is 0. The van der Waals surface area contributed by atoms with Crippen LogP contribution in [0.25, 0.3) is 6.08 Å². The Labute approximate surface area is 77.6 Å². The number of allylic oxidation sites excluding steroid dienone is 1. The molecule has 2 heteroatoms. The standard InChI is InChI=1S/C10H10ClO/c1-12-10-6-4-9(5-7-10)3-2-8-11/h2-8H,1H3. The van der Waals surface area contributed by atoms with Gasteiger partial charge in [0.25, 0.3) is 0 Å². The molecule has 0 aliphatic heterocycles. The van der Waals surface area contributed by atoms with E-state index in [2.05, 4.69) is 0 Å². The summed E-state index contributed by atoms with van der Waals surface area (Å²) in [5.74, 6) is 2.34. The van der Waals surface area contributed by atoms with E-state index in [1.165, 1.54) is 5.88 Å². The van der Waals surface area contributed by atoms with Crippen LogP contribution in [-0.4, -0.2) is 7.11 Å². The fraction of sp³-hybridized carbons (Fsp3) is 0.100. The van der Waals surface area contributed by atoms with Gasteiger partial charge in [-0.15, -0.1) is 11.6 Å². The lowest BCUT2D eigenvalue weighted by Gasteiger charge is -1.98. The van der Waals surface area contributed by atoms with E-state index in [0.717, 1.165) is 11.3 Å². The highest BCUT2D eigenvalue weighted by Crippen LogP contribution is 2.12. The molecular weight excluding hydrogens is 172 g/mol. The highest BCUT2D eigenvalue weighted by molar-refractivity contribution is 6.24. The van der Waals surface area contributed by atoms with Crippen molar-refractivity contribution in [3.8, 4) is 5.75 Å². The summed E-state index contributed by atoms with van der Waals surface area (Å²) in [6.45, 7) is 0. The van der Waals surface area contributed by atoms with E-state index < -0.39 is 0 Å². The van der Waals surface area contributed by atoms with Crippen LogP contribution in [0.3, 0.4) is 0 Å². The number of halogens is 1. The van der Waals surface area contributed by atoms with Crippen molar-refractivity contribution in [1.29, 1.82) is 0 Å². The number of methoxy groups -OCH3 is 1. The van der Waals surface area contributed by atoms with Gasteiger partial charge in [0.05, 0.1) is 13.0 Å². The van der Waals surface area contributed by atoms with E-state index in [9.17, 15) is 0 Å². The molecule has 0 amide bonds. The van der Waals surface area contributed by atoms with E-state index in [1.54, 1.807) is 13.2 Å². The summed E-state index contributed by atoms with van der Waals surface area (Å²) < 4.78 is 5.02. The van der Waals surface area contributed by atoms with Crippen molar-refractivity contribution in [3.05, 3.63) is 41.8 Å². The Hall–Kier alpha value is -0.950. The van der Waals surface area contributed by atoms with Gasteiger partial charge in [0.15, 0.2) is 0 Å². The van der Waals surface area contributed by atoms with Crippen LogP contribution in [-0.2, 0) is 0 Å². The van der Waals surface area contributed by atoms with Gasteiger partial charge in [-0.05, 0) is 17.7 Å². The summed E-state index contributed by atoms with van der Waals surface area (Å²) in [5.41, 5.74) is 1.10. The fourth-order valence-corrected chi connectivity index (χ4v) is 0.935. The average Bonchev–Trinajstić information content (AvgIpc) is 2.15. The van der Waals surface area contributed by atoms with Gasteiger partial charge in [-0.1, -0.05) is 24.3 Å². The molecule has 1 aromatic carbocycles. The highest BCUT2D eigenvalue weighted by atomic mass is 35.5. The maximum Gasteiger partial charge on any atom is 0.118 e. The third-order valence-corrected chi connectivity index (χ3v) is 1.62. The molecule has 0 N–H and O–H groups in total. The summed E-state index contributed by atoms with van der Waals surface area (Å²) in [5, 5.41) is 0. The Morgan fingerprint density at radius 3 is 2.42 bits per heavy atom. The number of hydrogen-bond acceptors (Lipinski definition) is 1. The maximum atomic E-state index is 5.37. The Morgan fingerprint density at radius 2 is 1.92 bits per heavy atom. The molecule has 1 aromatic rings. The predicted molar refractivity (Wildman–Crippen MR) is 52.2 cm³/mol. The molecule has 0 heterocycles. The first kappa shape index (κ1) is 9.14. The van der Waals surface area contributed by atoms with Crippen molar-refractivity contribution in [3.63, 3.8) is 0 Å². The van der Waals surface area contributed by atoms with Gasteiger partial charge in [-0.3, -0.25) is 0 Å². The van der Waals surface area contributed by atoms with E-state index in [0.29, 0.717) is 0 Å². The van der Waals surface area contributed by atoms with Gasteiger partial charge in [-0.25, -0.2) is 0 Å². The first-order valence-corrected chi connectivity index (χ1v) is 4.04. The second-order valence-corrected chi connectivity index (χ2v) is 2.51. The highest BCUT2D eigenvalue weighted by Gasteiger charge is 1.88. The fourth-order valence-electron chi connectivity index (χ4n) is 0.863. The zero-order valence-corrected chi connectivity index (χ0v) is 7.58. The summed E-state index contributed by atoms with van der Waals surface area (Å²) in [7, 11) is 1.65. The van der Waals surface area contributed by atoms with E-state index in [4.69, 9.17) is 16.3 Å². The lowest BCUT2D eigenvalue weighted by molar-refractivity contribution is 0.415. The van der Waals surface area contributed by atoms with Crippen molar-refractivity contribution in [1.82, 2.24) is 0 Å². The Morgan fingerprint density at radius 1 is 1.25 bits per heavy atom. The SMILES string of the molecule is COc1ccc(C=C[CH]Cl)cc1. The van der Waals surface area contributed by atoms with Gasteiger partial charge in [0.1, 0.15) is 5.75 Å². The molecule has 0 fully saturated rings. The molecule has 0 saturated heterocycles. The topological polar surface area (TPSA) is 9.23 Å². The molecule has 0 aliphatic carbocycles. The van der Waals surface area contributed by atoms with Gasteiger partial charge < -0.3 is 4.74 Å². The minimum Gasteiger partial charge on any atom is -0.497 e. The minimum atomic E-state index is 0.863. The van der Waals surface area contributed by atoms with Crippen molar-refractivity contribution < 1.29 is 4.74 Å². The van der Waals surface area contributed by atoms with Crippen molar-refractivity contribution in [2.45, 2.75) is 0 Å². The first-order valence-electron chi connectivity index (χ1n) is 3.61. The smallest absolute Gasteiger partial charge is 0.118 e. The quantitative estimate of drug-likeness (QED) is 0.696. The molecule has 0 aromatic heterocycles. The third kappa shape index (κ3) is 2.59. The zero-order chi connectivity index (χ0) is 8.81. The van der Waals surface area contributed by atoms with Crippen molar-refractivity contribution in [2.24, 2.45) is 0 Å². The van der Waals surface area contributed by atoms with E-state index in [1.807, 2.05) is 30.3 Å². The summed E-state index contributed by atoms with van der Waals surface area (Å²) in [6, 6.07) is 7.76. The predicted octanol–water partition coefficient (Wildman–Crippen LogP) is 3.11. The number of hydrogen-bond donors (Lipinski definition) is 0. The van der Waals surface area contributed by atoms with Gasteiger partial charge >= 0.3 is 0 Å². The van der Waals surface area contributed by atoms with Gasteiger partial charge in [0.2, 0.25) is 0 Å². The average molecular weight is 182 g/mol. The lowest BCUT2D eigenvalue weighted by atomic mass is 10.2. The second kappa shape index (κ2) is 4.83. The number of ether oxygens (including phenoxy) is 1. The summed E-state index contributed by atoms with van der Waals surface area (Å²) in [6.07, 6.45) is 3.70. The number of benzene rings is 1. The monoisotopic (exact) mass is 181 g/mol. The second-order valence-electron chi connectivity index (χ2n) is 2.26. The first-order chi connectivity index (χ1) is 5.86. The summed E-state index contributed by atoms with van der Waals surface area (Å²) >= 11 is 5.37. The molecule has 0 aliphatic rings. The minimum absolute atomic E-state index is 0.863. The Kier molecular flexibility index (Phi) is 3.68. The molecule has 0 atom stereocenters. The maximum absolute atomic E-state index is 5.37. The molecule has 0 spiro atoms. The molecule has 1 nitrogen and oxygen atoms in total. The molecule has 0 bridgehead atoms. The number of rotatable bonds is 3. The van der Waals surface area contributed by atoms with Crippen LogP contribution < -0.4 is 4.74 Å². The van der Waals surface area contributed by atoms with Crippen LogP contribution in [0.4, 0.5) is 0 Å². The molecule has 1 radical (unpaired) electrons. The molecule has 63 valence electrons. The van der Waals surface area contributed by atoms with Crippen molar-refractivity contribution >= 4 is 17.7 Å². The van der Waals surface area contributed by atoms with Crippen molar-refractivity contribution in [2.75, 3.05) is 7.11 Å². The van der Waals surface area contributed by atoms with Crippen LogP contribution in [0.15, 0.2) is 30.3 Å². The third-order valence-electron chi connectivity index (χ3n) is 1.48. The van der Waals surface area contributed by atoms with E-state index >= 15 is 0 Å². The van der Waals surface area contributed by atoms with E-state index in [-0.39, 0.29) is 0 Å². The van der Waals surface area contributed by atoms with Gasteiger partial charge in [-0.2, -0.15) is 0 Å².